The molecular weight excluding hydrogens is 330 g/mol. The first-order valence-electron chi connectivity index (χ1n) is 10.1. The molecule has 0 aromatic carbocycles. The lowest BCUT2D eigenvalue weighted by molar-refractivity contribution is -0.942. The summed E-state index contributed by atoms with van der Waals surface area (Å²) in [5.41, 5.74) is 1.13. The minimum Gasteiger partial charge on any atom is -0.465 e. The van der Waals surface area contributed by atoms with E-state index in [-0.39, 0.29) is 5.97 Å². The van der Waals surface area contributed by atoms with Gasteiger partial charge in [-0.3, -0.25) is 4.79 Å². The molecule has 2 bridgehead atoms. The molecule has 0 aliphatic carbocycles. The van der Waals surface area contributed by atoms with Gasteiger partial charge in [-0.25, -0.2) is 0 Å². The van der Waals surface area contributed by atoms with Crippen LogP contribution in [0.15, 0.2) is 6.07 Å². The number of rotatable bonds is 9. The third-order valence-electron chi connectivity index (χ3n) is 6.30. The summed E-state index contributed by atoms with van der Waals surface area (Å²) in [6, 6.07) is 2.11. The lowest BCUT2D eigenvalue weighted by Gasteiger charge is -2.49. The van der Waals surface area contributed by atoms with Crippen molar-refractivity contribution in [3.05, 3.63) is 21.4 Å². The number of hydrogen-bond donors (Lipinski definition) is 0. The second kappa shape index (κ2) is 8.68. The second-order valence-corrected chi connectivity index (χ2v) is 9.68. The van der Waals surface area contributed by atoms with Crippen LogP contribution in [0.3, 0.4) is 0 Å². The molecule has 3 nitrogen and oxygen atoms in total. The van der Waals surface area contributed by atoms with E-state index < -0.39 is 0 Å². The number of carbonyl (C=O) groups excluding carboxylic acids is 1. The highest BCUT2D eigenvalue weighted by Crippen LogP contribution is 2.33. The molecular formula is C21H34NO2S+. The van der Waals surface area contributed by atoms with E-state index in [0.717, 1.165) is 17.9 Å². The molecule has 1 aromatic heterocycles. The van der Waals surface area contributed by atoms with Crippen LogP contribution in [0.5, 0.6) is 0 Å². The fourth-order valence-electron chi connectivity index (χ4n) is 4.63. The van der Waals surface area contributed by atoms with Gasteiger partial charge in [-0.05, 0) is 76.3 Å². The SMILES string of the molecule is Cc1cc(CC(=O)OCCCCCC[N+]23CCC(CC2)CC3)c(C)s1. The third-order valence-corrected chi connectivity index (χ3v) is 7.31. The minimum absolute atomic E-state index is 0.0737. The lowest BCUT2D eigenvalue weighted by Crippen LogP contribution is -2.58. The van der Waals surface area contributed by atoms with Gasteiger partial charge in [-0.1, -0.05) is 0 Å². The van der Waals surface area contributed by atoms with E-state index in [1.807, 2.05) is 0 Å². The Morgan fingerprint density at radius 1 is 1.12 bits per heavy atom. The molecule has 4 rings (SSSR count). The number of hydrogen-bond acceptors (Lipinski definition) is 3. The van der Waals surface area contributed by atoms with Crippen molar-refractivity contribution < 1.29 is 14.0 Å². The summed E-state index contributed by atoms with van der Waals surface area (Å²) in [7, 11) is 0. The summed E-state index contributed by atoms with van der Waals surface area (Å²) in [6.07, 6.45) is 9.66. The van der Waals surface area contributed by atoms with Crippen molar-refractivity contribution in [3.63, 3.8) is 0 Å². The average Bonchev–Trinajstić information content (AvgIpc) is 2.92. The highest BCUT2D eigenvalue weighted by molar-refractivity contribution is 7.12. The van der Waals surface area contributed by atoms with Crippen LogP contribution in [-0.4, -0.2) is 43.2 Å². The predicted molar refractivity (Wildman–Crippen MR) is 104 cm³/mol. The molecule has 4 heteroatoms. The molecule has 4 heterocycles. The zero-order valence-corrected chi connectivity index (χ0v) is 16.8. The Hall–Kier alpha value is -0.870. The molecule has 3 saturated heterocycles. The van der Waals surface area contributed by atoms with Crippen LogP contribution in [0.1, 0.15) is 60.3 Å². The highest BCUT2D eigenvalue weighted by Gasteiger charge is 2.38. The standard InChI is InChI=1S/C21H34NO2S/c1-17-15-20(18(2)25-17)16-21(23)24-14-6-4-3-5-10-22-11-7-19(8-12-22)9-13-22/h15,19H,3-14,16H2,1-2H3/q+1. The predicted octanol–water partition coefficient (Wildman–Crippen LogP) is 4.64. The van der Waals surface area contributed by atoms with Crippen molar-refractivity contribution in [1.82, 2.24) is 0 Å². The average molecular weight is 365 g/mol. The van der Waals surface area contributed by atoms with Gasteiger partial charge in [0.25, 0.3) is 0 Å². The van der Waals surface area contributed by atoms with Crippen molar-refractivity contribution >= 4 is 17.3 Å². The largest absolute Gasteiger partial charge is 0.465 e. The Bertz CT molecular complexity index is 559. The third kappa shape index (κ3) is 5.30. The number of carbonyl (C=O) groups is 1. The van der Waals surface area contributed by atoms with Crippen molar-refractivity contribution in [2.45, 2.75) is 65.2 Å². The maximum absolute atomic E-state index is 11.9. The number of esters is 1. The molecule has 3 aliphatic heterocycles. The van der Waals surface area contributed by atoms with Gasteiger partial charge in [0.05, 0.1) is 39.2 Å². The molecule has 25 heavy (non-hydrogen) atoms. The quantitative estimate of drug-likeness (QED) is 0.362. The lowest BCUT2D eigenvalue weighted by atomic mass is 9.85. The zero-order valence-electron chi connectivity index (χ0n) is 16.0. The first kappa shape index (κ1) is 18.9. The molecule has 0 saturated carbocycles. The van der Waals surface area contributed by atoms with E-state index >= 15 is 0 Å². The van der Waals surface area contributed by atoms with Gasteiger partial charge < -0.3 is 9.22 Å². The van der Waals surface area contributed by atoms with Crippen molar-refractivity contribution in [2.75, 3.05) is 32.8 Å². The second-order valence-electron chi connectivity index (χ2n) is 8.22. The molecule has 0 spiro atoms. The highest BCUT2D eigenvalue weighted by atomic mass is 32.1. The maximum Gasteiger partial charge on any atom is 0.310 e. The fraction of sp³-hybridized carbons (Fsp3) is 0.762. The van der Waals surface area contributed by atoms with Crippen molar-refractivity contribution in [1.29, 1.82) is 0 Å². The number of fused-ring (bicyclic) bond motifs is 3. The summed E-state index contributed by atoms with van der Waals surface area (Å²) in [4.78, 5) is 14.4. The molecule has 0 unspecified atom stereocenters. The molecule has 0 atom stereocenters. The molecule has 0 N–H and O–H groups in total. The first-order chi connectivity index (χ1) is 12.1. The molecule has 0 amide bonds. The summed E-state index contributed by atoms with van der Waals surface area (Å²) < 4.78 is 6.82. The molecule has 0 radical (unpaired) electrons. The summed E-state index contributed by atoms with van der Waals surface area (Å²) in [6.45, 7) is 10.4. The van der Waals surface area contributed by atoms with Gasteiger partial charge >= 0.3 is 5.97 Å². The minimum atomic E-state index is -0.0737. The Labute approximate surface area is 157 Å². The molecule has 1 aromatic rings. The van der Waals surface area contributed by atoms with E-state index in [1.165, 1.54) is 78.9 Å². The first-order valence-corrected chi connectivity index (χ1v) is 10.9. The fourth-order valence-corrected chi connectivity index (χ4v) is 5.57. The summed E-state index contributed by atoms with van der Waals surface area (Å²) in [5.74, 6) is 0.979. The van der Waals surface area contributed by atoms with Crippen molar-refractivity contribution in [3.8, 4) is 0 Å². The van der Waals surface area contributed by atoms with E-state index in [1.54, 1.807) is 11.3 Å². The Morgan fingerprint density at radius 2 is 1.80 bits per heavy atom. The Balaban J connectivity index is 1.23. The van der Waals surface area contributed by atoms with Gasteiger partial charge in [0.2, 0.25) is 0 Å². The van der Waals surface area contributed by atoms with E-state index in [9.17, 15) is 4.79 Å². The van der Waals surface area contributed by atoms with Crippen LogP contribution >= 0.6 is 11.3 Å². The van der Waals surface area contributed by atoms with Crippen LogP contribution in [0.2, 0.25) is 0 Å². The number of ether oxygens (including phenoxy) is 1. The van der Waals surface area contributed by atoms with Gasteiger partial charge in [0, 0.05) is 9.75 Å². The summed E-state index contributed by atoms with van der Waals surface area (Å²) in [5, 5.41) is 0. The van der Waals surface area contributed by atoms with Crippen LogP contribution < -0.4 is 0 Å². The number of unbranched alkanes of at least 4 members (excludes halogenated alkanes) is 3. The maximum atomic E-state index is 11.9. The van der Waals surface area contributed by atoms with Gasteiger partial charge in [-0.2, -0.15) is 0 Å². The van der Waals surface area contributed by atoms with Crippen molar-refractivity contribution in [2.24, 2.45) is 5.92 Å². The number of piperidine rings is 3. The van der Waals surface area contributed by atoms with Crippen LogP contribution in [0, 0.1) is 19.8 Å². The number of thiophene rings is 1. The number of aryl methyl sites for hydroxylation is 2. The van der Waals surface area contributed by atoms with Gasteiger partial charge in [0.15, 0.2) is 0 Å². The topological polar surface area (TPSA) is 26.3 Å². The normalized spacial score (nSPS) is 25.3. The van der Waals surface area contributed by atoms with Crippen LogP contribution in [0.4, 0.5) is 0 Å². The van der Waals surface area contributed by atoms with Crippen LogP contribution in [-0.2, 0) is 16.0 Å². The van der Waals surface area contributed by atoms with Gasteiger partial charge in [-0.15, -0.1) is 11.3 Å². The van der Waals surface area contributed by atoms with E-state index in [0.29, 0.717) is 13.0 Å². The molecule has 3 fully saturated rings. The Kier molecular flexibility index (Phi) is 6.56. The number of quaternary nitrogens is 1. The van der Waals surface area contributed by atoms with Crippen LogP contribution in [0.25, 0.3) is 0 Å². The smallest absolute Gasteiger partial charge is 0.310 e. The zero-order chi connectivity index (χ0) is 17.7. The molecule has 3 aliphatic rings. The Morgan fingerprint density at radius 3 is 2.44 bits per heavy atom. The van der Waals surface area contributed by atoms with E-state index in [2.05, 4.69) is 19.9 Å². The summed E-state index contributed by atoms with van der Waals surface area (Å²) >= 11 is 1.76. The van der Waals surface area contributed by atoms with E-state index in [4.69, 9.17) is 4.74 Å². The van der Waals surface area contributed by atoms with Gasteiger partial charge in [0.1, 0.15) is 0 Å². The number of nitrogens with zero attached hydrogens (tertiary/aromatic N) is 1. The molecule has 140 valence electrons. The monoisotopic (exact) mass is 364 g/mol.